The first-order chi connectivity index (χ1) is 12.3. The highest BCUT2D eigenvalue weighted by Gasteiger charge is 2.31. The van der Waals surface area contributed by atoms with Crippen molar-refractivity contribution in [3.63, 3.8) is 0 Å². The molecular weight excluding hydrogens is 360 g/mol. The van der Waals surface area contributed by atoms with Crippen LogP contribution in [0.3, 0.4) is 0 Å². The Hall–Kier alpha value is -1.83. The highest BCUT2D eigenvalue weighted by atomic mass is 35.5. The van der Waals surface area contributed by atoms with E-state index in [-0.39, 0.29) is 18.4 Å². The van der Waals surface area contributed by atoms with Crippen LogP contribution in [-0.2, 0) is 14.3 Å². The predicted octanol–water partition coefficient (Wildman–Crippen LogP) is 1.47. The monoisotopic (exact) mass is 384 g/mol. The van der Waals surface area contributed by atoms with Crippen LogP contribution in [0.5, 0.6) is 5.75 Å². The summed E-state index contributed by atoms with van der Waals surface area (Å²) in [5.41, 5.74) is 0. The van der Waals surface area contributed by atoms with E-state index in [0.29, 0.717) is 30.2 Å². The van der Waals surface area contributed by atoms with Crippen LogP contribution in [0.4, 0.5) is 0 Å². The Labute approximate surface area is 158 Å². The minimum absolute atomic E-state index is 0.202. The molecular formula is C18H25ClN2O5. The van der Waals surface area contributed by atoms with Crippen molar-refractivity contribution in [2.45, 2.75) is 45.1 Å². The number of carbonyl (C=O) groups is 2. The van der Waals surface area contributed by atoms with E-state index < -0.39 is 24.3 Å². The van der Waals surface area contributed by atoms with Gasteiger partial charge in [0.1, 0.15) is 11.8 Å². The van der Waals surface area contributed by atoms with Crippen LogP contribution in [0.15, 0.2) is 24.3 Å². The molecule has 0 radical (unpaired) electrons. The van der Waals surface area contributed by atoms with E-state index in [9.17, 15) is 14.7 Å². The summed E-state index contributed by atoms with van der Waals surface area (Å²) in [5, 5.41) is 15.7. The summed E-state index contributed by atoms with van der Waals surface area (Å²) in [4.78, 5) is 24.6. The molecule has 8 heteroatoms. The van der Waals surface area contributed by atoms with Crippen molar-refractivity contribution in [1.29, 1.82) is 0 Å². The Bertz CT molecular complexity index is 608. The summed E-state index contributed by atoms with van der Waals surface area (Å²) in [6.07, 6.45) is -0.000459. The Balaban J connectivity index is 1.87. The SMILES string of the molecule is CC(C)C[C@H](NC(=O)COc1ccc(Cl)cc1)C(=O)N[C@H]1CCOC1O. The maximum atomic E-state index is 12.5. The second-order valence-corrected chi connectivity index (χ2v) is 7.09. The number of benzene rings is 1. The Morgan fingerprint density at radius 3 is 2.62 bits per heavy atom. The van der Waals surface area contributed by atoms with Crippen molar-refractivity contribution in [3.8, 4) is 5.75 Å². The molecule has 1 saturated heterocycles. The molecule has 2 rings (SSSR count). The summed E-state index contributed by atoms with van der Waals surface area (Å²) >= 11 is 5.80. The number of hydrogen-bond donors (Lipinski definition) is 3. The minimum atomic E-state index is -1.01. The Morgan fingerprint density at radius 1 is 1.35 bits per heavy atom. The van der Waals surface area contributed by atoms with Gasteiger partial charge < -0.3 is 25.2 Å². The molecule has 3 atom stereocenters. The van der Waals surface area contributed by atoms with E-state index in [1.54, 1.807) is 24.3 Å². The zero-order chi connectivity index (χ0) is 19.1. The molecule has 0 aromatic heterocycles. The van der Waals surface area contributed by atoms with E-state index in [4.69, 9.17) is 21.1 Å². The number of aliphatic hydroxyl groups excluding tert-OH is 1. The third-order valence-electron chi connectivity index (χ3n) is 3.93. The van der Waals surface area contributed by atoms with Gasteiger partial charge in [-0.1, -0.05) is 25.4 Å². The maximum Gasteiger partial charge on any atom is 0.258 e. The van der Waals surface area contributed by atoms with E-state index >= 15 is 0 Å². The summed E-state index contributed by atoms with van der Waals surface area (Å²) in [6, 6.07) is 5.49. The van der Waals surface area contributed by atoms with Crippen molar-refractivity contribution in [2.75, 3.05) is 13.2 Å². The number of ether oxygens (including phenoxy) is 2. The first-order valence-corrected chi connectivity index (χ1v) is 9.00. The second-order valence-electron chi connectivity index (χ2n) is 6.66. The van der Waals surface area contributed by atoms with E-state index in [2.05, 4.69) is 10.6 Å². The van der Waals surface area contributed by atoms with Crippen molar-refractivity contribution < 1.29 is 24.2 Å². The lowest BCUT2D eigenvalue weighted by Gasteiger charge is -2.23. The largest absolute Gasteiger partial charge is 0.484 e. The highest BCUT2D eigenvalue weighted by molar-refractivity contribution is 6.30. The molecule has 144 valence electrons. The fraction of sp³-hybridized carbons (Fsp3) is 0.556. The fourth-order valence-corrected chi connectivity index (χ4v) is 2.75. The Kier molecular flexibility index (Phi) is 7.68. The lowest BCUT2D eigenvalue weighted by Crippen LogP contribution is -2.52. The molecule has 1 heterocycles. The van der Waals surface area contributed by atoms with Gasteiger partial charge in [-0.3, -0.25) is 9.59 Å². The van der Waals surface area contributed by atoms with E-state index in [0.717, 1.165) is 0 Å². The van der Waals surface area contributed by atoms with Gasteiger partial charge in [0.2, 0.25) is 5.91 Å². The average Bonchev–Trinajstić information content (AvgIpc) is 2.98. The predicted molar refractivity (Wildman–Crippen MR) is 96.8 cm³/mol. The number of nitrogens with one attached hydrogen (secondary N) is 2. The maximum absolute atomic E-state index is 12.5. The molecule has 0 bridgehead atoms. The lowest BCUT2D eigenvalue weighted by molar-refractivity contribution is -0.132. The molecule has 0 saturated carbocycles. The van der Waals surface area contributed by atoms with Gasteiger partial charge in [-0.2, -0.15) is 0 Å². The van der Waals surface area contributed by atoms with Crippen LogP contribution in [0.25, 0.3) is 0 Å². The normalized spacial score (nSPS) is 20.7. The van der Waals surface area contributed by atoms with Gasteiger partial charge in [0.05, 0.1) is 12.6 Å². The van der Waals surface area contributed by atoms with Gasteiger partial charge in [-0.05, 0) is 43.0 Å². The molecule has 0 aliphatic carbocycles. The van der Waals surface area contributed by atoms with Crippen molar-refractivity contribution in [2.24, 2.45) is 5.92 Å². The summed E-state index contributed by atoms with van der Waals surface area (Å²) < 4.78 is 10.4. The molecule has 1 aromatic carbocycles. The fourth-order valence-electron chi connectivity index (χ4n) is 2.62. The minimum Gasteiger partial charge on any atom is -0.484 e. The van der Waals surface area contributed by atoms with Gasteiger partial charge in [-0.25, -0.2) is 0 Å². The zero-order valence-electron chi connectivity index (χ0n) is 14.9. The van der Waals surface area contributed by atoms with Crippen molar-refractivity contribution in [1.82, 2.24) is 10.6 Å². The molecule has 1 aromatic rings. The second kappa shape index (κ2) is 9.75. The van der Waals surface area contributed by atoms with Gasteiger partial charge in [0.15, 0.2) is 12.9 Å². The van der Waals surface area contributed by atoms with Gasteiger partial charge in [0.25, 0.3) is 5.91 Å². The van der Waals surface area contributed by atoms with Crippen molar-refractivity contribution in [3.05, 3.63) is 29.3 Å². The van der Waals surface area contributed by atoms with Gasteiger partial charge in [0, 0.05) is 5.02 Å². The standard InChI is InChI=1S/C18H25ClN2O5/c1-11(2)9-15(17(23)21-14-7-8-25-18(14)24)20-16(22)10-26-13-5-3-12(19)4-6-13/h3-6,11,14-15,18,24H,7-10H2,1-2H3,(H,20,22)(H,21,23)/t14-,15-,18?/m0/s1. The molecule has 1 aliphatic heterocycles. The molecule has 3 N–H and O–H groups in total. The van der Waals surface area contributed by atoms with Crippen LogP contribution in [0, 0.1) is 5.92 Å². The molecule has 1 fully saturated rings. The van der Waals surface area contributed by atoms with Crippen LogP contribution < -0.4 is 15.4 Å². The lowest BCUT2D eigenvalue weighted by atomic mass is 10.0. The van der Waals surface area contributed by atoms with E-state index in [1.165, 1.54) is 0 Å². The number of rotatable bonds is 8. The third-order valence-corrected chi connectivity index (χ3v) is 4.18. The number of carbonyl (C=O) groups excluding carboxylic acids is 2. The van der Waals surface area contributed by atoms with Gasteiger partial charge in [-0.15, -0.1) is 0 Å². The van der Waals surface area contributed by atoms with E-state index in [1.807, 2.05) is 13.8 Å². The first-order valence-electron chi connectivity index (χ1n) is 8.63. The highest BCUT2D eigenvalue weighted by Crippen LogP contribution is 2.15. The summed E-state index contributed by atoms with van der Waals surface area (Å²) in [7, 11) is 0. The molecule has 0 spiro atoms. The first kappa shape index (κ1) is 20.5. The topological polar surface area (TPSA) is 96.9 Å². The number of amides is 2. The summed E-state index contributed by atoms with van der Waals surface area (Å²) in [6.45, 7) is 4.11. The summed E-state index contributed by atoms with van der Waals surface area (Å²) in [5.74, 6) is -0.0225. The number of aliphatic hydroxyl groups is 1. The number of hydrogen-bond acceptors (Lipinski definition) is 5. The third kappa shape index (κ3) is 6.48. The molecule has 1 unspecified atom stereocenters. The molecule has 7 nitrogen and oxygen atoms in total. The quantitative estimate of drug-likeness (QED) is 0.630. The van der Waals surface area contributed by atoms with Crippen LogP contribution in [0.2, 0.25) is 5.02 Å². The van der Waals surface area contributed by atoms with Crippen LogP contribution >= 0.6 is 11.6 Å². The molecule has 2 amide bonds. The molecule has 26 heavy (non-hydrogen) atoms. The van der Waals surface area contributed by atoms with Gasteiger partial charge >= 0.3 is 0 Å². The van der Waals surface area contributed by atoms with Crippen LogP contribution in [-0.4, -0.2) is 48.5 Å². The average molecular weight is 385 g/mol. The van der Waals surface area contributed by atoms with Crippen LogP contribution in [0.1, 0.15) is 26.7 Å². The smallest absolute Gasteiger partial charge is 0.258 e. The Morgan fingerprint density at radius 2 is 2.04 bits per heavy atom. The van der Waals surface area contributed by atoms with Crippen molar-refractivity contribution >= 4 is 23.4 Å². The number of halogens is 1. The molecule has 1 aliphatic rings. The zero-order valence-corrected chi connectivity index (χ0v) is 15.7.